The molecule has 4 N–H and O–H groups in total. The van der Waals surface area contributed by atoms with Gasteiger partial charge in [-0.25, -0.2) is 4.79 Å². The fourth-order valence-corrected chi connectivity index (χ4v) is 5.07. The summed E-state index contributed by atoms with van der Waals surface area (Å²) in [6.07, 6.45) is 9.14. The molecule has 15 nitrogen and oxygen atoms in total. The second kappa shape index (κ2) is 32.5. The van der Waals surface area contributed by atoms with E-state index in [1.165, 1.54) is 12.1 Å². The molecule has 0 spiro atoms. The Kier molecular flexibility index (Phi) is 29.0. The summed E-state index contributed by atoms with van der Waals surface area (Å²) in [5.74, 6) is -2.97. The minimum atomic E-state index is -1.12. The number of hydrogen-bond acceptors (Lipinski definition) is 11. The Morgan fingerprint density at radius 2 is 1.17 bits per heavy atom. The van der Waals surface area contributed by atoms with Crippen LogP contribution < -0.4 is 15.4 Å². The van der Waals surface area contributed by atoms with Crippen molar-refractivity contribution in [2.24, 2.45) is 5.92 Å². The molecule has 1 aromatic rings. The van der Waals surface area contributed by atoms with Gasteiger partial charge in [0.25, 0.3) is 0 Å². The molecule has 1 rings (SSSR count). The van der Waals surface area contributed by atoms with Gasteiger partial charge in [0.1, 0.15) is 19.0 Å². The molecule has 15 heteroatoms. The first-order valence-corrected chi connectivity index (χ1v) is 19.2. The van der Waals surface area contributed by atoms with Crippen molar-refractivity contribution in [1.29, 1.82) is 0 Å². The van der Waals surface area contributed by atoms with Gasteiger partial charge in [-0.1, -0.05) is 39.0 Å². The molecule has 0 unspecified atom stereocenters. The third-order valence-corrected chi connectivity index (χ3v) is 8.12. The van der Waals surface area contributed by atoms with E-state index in [1.807, 2.05) is 6.92 Å². The highest BCUT2D eigenvalue weighted by atomic mass is 16.5. The molecule has 0 bridgehead atoms. The number of carbonyl (C=O) groups excluding carboxylic acids is 4. The molecule has 0 saturated heterocycles. The minimum Gasteiger partial charge on any atom is -0.494 e. The number of hydrogen-bond donors (Lipinski definition) is 4. The summed E-state index contributed by atoms with van der Waals surface area (Å²) in [7, 11) is 0. The topological polar surface area (TPSA) is 213 Å². The summed E-state index contributed by atoms with van der Waals surface area (Å²) in [5.41, 5.74) is 0.240. The Bertz CT molecular complexity index is 1210. The number of aliphatic carboxylic acids is 1. The zero-order valence-corrected chi connectivity index (χ0v) is 31.9. The van der Waals surface area contributed by atoms with E-state index in [2.05, 4.69) is 10.6 Å². The van der Waals surface area contributed by atoms with Crippen LogP contribution in [-0.2, 0) is 42.9 Å². The highest BCUT2D eigenvalue weighted by Gasteiger charge is 2.22. The normalized spacial score (nSPS) is 11.5. The zero-order valence-electron chi connectivity index (χ0n) is 31.9. The van der Waals surface area contributed by atoms with Crippen molar-refractivity contribution in [3.05, 3.63) is 29.8 Å². The SMILES string of the molecule is CCCNC(=O)CC[C@H](CC(=O)COCCOCCCC(=O)COCCOCCNC(=O)CCCCCCCCCOc1ccc(C(=O)O)cc1)C(=O)O. The Labute approximate surface area is 319 Å². The van der Waals surface area contributed by atoms with E-state index in [4.69, 9.17) is 28.8 Å². The van der Waals surface area contributed by atoms with Crippen LogP contribution in [0.5, 0.6) is 5.75 Å². The van der Waals surface area contributed by atoms with E-state index < -0.39 is 17.9 Å². The number of ether oxygens (including phenoxy) is 5. The van der Waals surface area contributed by atoms with E-state index in [-0.39, 0.29) is 81.2 Å². The minimum absolute atomic E-state index is 0.00379. The quantitative estimate of drug-likeness (QED) is 0.0693. The second-order valence-electron chi connectivity index (χ2n) is 12.9. The average Bonchev–Trinajstić information content (AvgIpc) is 3.15. The van der Waals surface area contributed by atoms with Gasteiger partial charge in [0.15, 0.2) is 11.6 Å². The van der Waals surface area contributed by atoms with Gasteiger partial charge in [-0.15, -0.1) is 0 Å². The van der Waals surface area contributed by atoms with Crippen LogP contribution in [0.25, 0.3) is 0 Å². The molecule has 0 aliphatic carbocycles. The van der Waals surface area contributed by atoms with E-state index >= 15 is 0 Å². The fourth-order valence-electron chi connectivity index (χ4n) is 5.07. The first kappa shape index (κ1) is 48.1. The number of Topliss-reactive ketones (excluding diaryl/α,β-unsaturated/α-hetero) is 2. The van der Waals surface area contributed by atoms with E-state index in [9.17, 15) is 33.9 Å². The summed E-state index contributed by atoms with van der Waals surface area (Å²) in [4.78, 5) is 70.1. The largest absolute Gasteiger partial charge is 0.494 e. The van der Waals surface area contributed by atoms with Gasteiger partial charge < -0.3 is 44.5 Å². The number of unbranched alkanes of at least 4 members (excludes halogenated alkanes) is 6. The van der Waals surface area contributed by atoms with Crippen molar-refractivity contribution in [1.82, 2.24) is 10.6 Å². The van der Waals surface area contributed by atoms with Crippen molar-refractivity contribution in [2.45, 2.75) is 96.8 Å². The second-order valence-corrected chi connectivity index (χ2v) is 12.9. The number of aromatic carboxylic acids is 1. The maximum Gasteiger partial charge on any atom is 0.335 e. The Hall–Kier alpha value is -3.92. The van der Waals surface area contributed by atoms with Crippen LogP contribution in [0.2, 0.25) is 0 Å². The molecule has 0 aliphatic rings. The lowest BCUT2D eigenvalue weighted by atomic mass is 9.97. The number of amides is 2. The molecule has 0 aromatic heterocycles. The molecule has 54 heavy (non-hydrogen) atoms. The zero-order chi connectivity index (χ0) is 39.7. The van der Waals surface area contributed by atoms with Gasteiger partial charge >= 0.3 is 11.9 Å². The molecule has 2 amide bonds. The van der Waals surface area contributed by atoms with Crippen LogP contribution >= 0.6 is 0 Å². The predicted octanol–water partition coefficient (Wildman–Crippen LogP) is 4.38. The van der Waals surface area contributed by atoms with Crippen LogP contribution in [0.1, 0.15) is 107 Å². The number of carboxylic acid groups (broad SMARTS) is 2. The van der Waals surface area contributed by atoms with Gasteiger partial charge in [0.05, 0.1) is 51.1 Å². The standard InChI is InChI=1S/C39H62N2O13/c1-2-19-40-37(45)18-15-32(39(48)49)28-34(43)30-53-26-24-50-21-10-11-33(42)29-52-27-25-51-23-20-41-36(44)12-8-6-4-3-5-7-9-22-54-35-16-13-31(14-17-35)38(46)47/h13-14,16-17,32H,2-12,15,18-30H2,1H3,(H,40,45)(H,41,44)(H,46,47)(H,48,49)/t32-/m1/s1. The molecule has 306 valence electrons. The van der Waals surface area contributed by atoms with Crippen LogP contribution in [0.3, 0.4) is 0 Å². The van der Waals surface area contributed by atoms with Gasteiger partial charge in [-0.05, 0) is 56.4 Å². The highest BCUT2D eigenvalue weighted by molar-refractivity contribution is 5.87. The highest BCUT2D eigenvalue weighted by Crippen LogP contribution is 2.15. The van der Waals surface area contributed by atoms with Crippen molar-refractivity contribution < 1.29 is 62.7 Å². The van der Waals surface area contributed by atoms with Crippen molar-refractivity contribution in [3.8, 4) is 5.75 Å². The number of carbonyl (C=O) groups is 6. The lowest BCUT2D eigenvalue weighted by Crippen LogP contribution is -2.27. The monoisotopic (exact) mass is 766 g/mol. The van der Waals surface area contributed by atoms with E-state index in [0.29, 0.717) is 64.5 Å². The summed E-state index contributed by atoms with van der Waals surface area (Å²) in [6.45, 7) is 4.87. The van der Waals surface area contributed by atoms with Crippen LogP contribution in [0.15, 0.2) is 24.3 Å². The summed E-state index contributed by atoms with van der Waals surface area (Å²) < 4.78 is 27.1. The maximum atomic E-state index is 12.1. The van der Waals surface area contributed by atoms with Crippen LogP contribution in [-0.4, -0.2) is 118 Å². The molecule has 0 aliphatic heterocycles. The fraction of sp³-hybridized carbons (Fsp3) is 0.692. The first-order chi connectivity index (χ1) is 26.1. The molecule has 1 atom stereocenters. The molecule has 0 heterocycles. The third kappa shape index (κ3) is 27.7. The number of nitrogens with one attached hydrogen (secondary N) is 2. The number of benzene rings is 1. The number of rotatable bonds is 37. The third-order valence-electron chi connectivity index (χ3n) is 8.12. The van der Waals surface area contributed by atoms with Crippen molar-refractivity contribution in [3.63, 3.8) is 0 Å². The van der Waals surface area contributed by atoms with E-state index in [1.54, 1.807) is 12.1 Å². The van der Waals surface area contributed by atoms with Gasteiger partial charge in [0.2, 0.25) is 11.8 Å². The smallest absolute Gasteiger partial charge is 0.335 e. The molecule has 1 aromatic carbocycles. The van der Waals surface area contributed by atoms with Crippen LogP contribution in [0.4, 0.5) is 0 Å². The molecule has 0 saturated carbocycles. The lowest BCUT2D eigenvalue weighted by Gasteiger charge is -2.12. The van der Waals surface area contributed by atoms with Crippen molar-refractivity contribution in [2.75, 3.05) is 72.6 Å². The average molecular weight is 767 g/mol. The van der Waals surface area contributed by atoms with Gasteiger partial charge in [-0.2, -0.15) is 0 Å². The summed E-state index contributed by atoms with van der Waals surface area (Å²) >= 11 is 0. The Morgan fingerprint density at radius 3 is 1.81 bits per heavy atom. The molecule has 0 radical (unpaired) electrons. The summed E-state index contributed by atoms with van der Waals surface area (Å²) in [6, 6.07) is 6.40. The van der Waals surface area contributed by atoms with Gasteiger partial charge in [-0.3, -0.25) is 24.0 Å². The molecular formula is C39H62N2O13. The molecule has 0 fully saturated rings. The lowest BCUT2D eigenvalue weighted by molar-refractivity contribution is -0.144. The summed E-state index contributed by atoms with van der Waals surface area (Å²) in [5, 5.41) is 23.8. The predicted molar refractivity (Wildman–Crippen MR) is 200 cm³/mol. The first-order valence-electron chi connectivity index (χ1n) is 19.2. The van der Waals surface area contributed by atoms with Gasteiger partial charge in [0, 0.05) is 45.4 Å². The van der Waals surface area contributed by atoms with E-state index in [0.717, 1.165) is 51.4 Å². The number of carboxylic acids is 2. The maximum absolute atomic E-state index is 12.1. The number of ketones is 2. The van der Waals surface area contributed by atoms with Crippen LogP contribution in [0, 0.1) is 5.92 Å². The Morgan fingerprint density at radius 1 is 0.593 bits per heavy atom. The Balaban J connectivity index is 1.86. The van der Waals surface area contributed by atoms with Crippen molar-refractivity contribution >= 4 is 35.3 Å². The molecular weight excluding hydrogens is 704 g/mol.